The minimum Gasteiger partial charge on any atom is -0.300 e. The third-order valence-electron chi connectivity index (χ3n) is 4.59. The van der Waals surface area contributed by atoms with E-state index in [0.29, 0.717) is 30.4 Å². The normalized spacial score (nSPS) is 18.1. The van der Waals surface area contributed by atoms with E-state index in [-0.39, 0.29) is 17.3 Å². The van der Waals surface area contributed by atoms with Gasteiger partial charge < -0.3 is 5.32 Å². The van der Waals surface area contributed by atoms with Gasteiger partial charge in [-0.3, -0.25) is 4.79 Å². The lowest BCUT2D eigenvalue weighted by Crippen LogP contribution is -2.43. The van der Waals surface area contributed by atoms with Crippen LogP contribution < -0.4 is 5.32 Å². The smallest absolute Gasteiger partial charge is 0.243 e. The molecule has 1 unspecified atom stereocenters. The summed E-state index contributed by atoms with van der Waals surface area (Å²) >= 11 is 2.97. The van der Waals surface area contributed by atoms with Crippen molar-refractivity contribution in [1.29, 1.82) is 0 Å². The number of anilines is 1. The second-order valence-electron chi connectivity index (χ2n) is 7.58. The summed E-state index contributed by atoms with van der Waals surface area (Å²) in [6, 6.07) is 6.80. The van der Waals surface area contributed by atoms with Gasteiger partial charge in [-0.25, -0.2) is 8.42 Å². The number of rotatable bonds is 7. The summed E-state index contributed by atoms with van der Waals surface area (Å²) in [4.78, 5) is 13.0. The van der Waals surface area contributed by atoms with Crippen LogP contribution >= 0.6 is 23.1 Å². The largest absolute Gasteiger partial charge is 0.300 e. The molecule has 158 valence electrons. The fourth-order valence-corrected chi connectivity index (χ4v) is 6.25. The molecule has 3 rings (SSSR count). The lowest BCUT2D eigenvalue weighted by molar-refractivity contribution is -0.120. The van der Waals surface area contributed by atoms with Crippen molar-refractivity contribution < 1.29 is 13.2 Å². The van der Waals surface area contributed by atoms with Crippen LogP contribution in [0.3, 0.4) is 0 Å². The number of sulfonamides is 1. The molecule has 29 heavy (non-hydrogen) atoms. The van der Waals surface area contributed by atoms with Gasteiger partial charge in [0.2, 0.25) is 21.1 Å². The van der Waals surface area contributed by atoms with Crippen molar-refractivity contribution in [3.05, 3.63) is 29.8 Å². The van der Waals surface area contributed by atoms with Gasteiger partial charge in [0.1, 0.15) is 0 Å². The zero-order valence-electron chi connectivity index (χ0n) is 16.8. The van der Waals surface area contributed by atoms with Gasteiger partial charge in [0.15, 0.2) is 4.34 Å². The summed E-state index contributed by atoms with van der Waals surface area (Å²) in [6.45, 7) is 6.79. The maximum atomic E-state index is 12.9. The highest BCUT2D eigenvalue weighted by Gasteiger charge is 2.33. The summed E-state index contributed by atoms with van der Waals surface area (Å²) in [5, 5.41) is 11.4. The van der Waals surface area contributed by atoms with E-state index in [2.05, 4.69) is 29.4 Å². The fraction of sp³-hybridized carbons (Fsp3) is 0.526. The standard InChI is InChI=1S/C19H26N4O3S3/c1-13(2)12-27-19-22-21-18(28-19)20-17(24)15-5-4-10-23(11-15)29(25,26)16-8-6-14(3)7-9-16/h6-9,13,15H,4-5,10-12H2,1-3H3,(H,20,21,24). The van der Waals surface area contributed by atoms with Crippen LogP contribution in [0.15, 0.2) is 33.5 Å². The van der Waals surface area contributed by atoms with Gasteiger partial charge in [-0.1, -0.05) is 54.6 Å². The first-order chi connectivity index (χ1) is 13.8. The molecule has 0 radical (unpaired) electrons. The van der Waals surface area contributed by atoms with Crippen molar-refractivity contribution in [2.75, 3.05) is 24.2 Å². The molecule has 1 fully saturated rings. The van der Waals surface area contributed by atoms with Crippen LogP contribution in [0.2, 0.25) is 0 Å². The molecule has 1 N–H and O–H groups in total. The quantitative estimate of drug-likeness (QED) is 0.507. The number of aromatic nitrogens is 2. The Balaban J connectivity index is 1.63. The van der Waals surface area contributed by atoms with Crippen LogP contribution in [0.5, 0.6) is 0 Å². The van der Waals surface area contributed by atoms with Crippen LogP contribution in [0.25, 0.3) is 0 Å². The van der Waals surface area contributed by atoms with E-state index in [9.17, 15) is 13.2 Å². The Hall–Kier alpha value is -1.49. The first-order valence-corrected chi connectivity index (χ1v) is 12.8. The number of carbonyl (C=O) groups excluding carboxylic acids is 1. The molecule has 2 aromatic rings. The summed E-state index contributed by atoms with van der Waals surface area (Å²) in [5.41, 5.74) is 1.00. The van der Waals surface area contributed by atoms with E-state index in [0.717, 1.165) is 15.7 Å². The molecule has 0 aliphatic carbocycles. The summed E-state index contributed by atoms with van der Waals surface area (Å²) in [7, 11) is -3.60. The number of nitrogens with one attached hydrogen (secondary N) is 1. The summed E-state index contributed by atoms with van der Waals surface area (Å²) < 4.78 is 28.1. The number of thioether (sulfide) groups is 1. The lowest BCUT2D eigenvalue weighted by atomic mass is 9.99. The molecule has 7 nitrogen and oxygen atoms in total. The zero-order chi connectivity index (χ0) is 21.0. The third-order valence-corrected chi connectivity index (χ3v) is 8.87. The molecule has 1 aliphatic heterocycles. The maximum absolute atomic E-state index is 12.9. The Morgan fingerprint density at radius 3 is 2.72 bits per heavy atom. The van der Waals surface area contributed by atoms with Gasteiger partial charge in [0, 0.05) is 18.8 Å². The topological polar surface area (TPSA) is 92.3 Å². The van der Waals surface area contributed by atoms with E-state index in [4.69, 9.17) is 0 Å². The van der Waals surface area contributed by atoms with Gasteiger partial charge in [0.05, 0.1) is 10.8 Å². The number of nitrogens with zero attached hydrogens (tertiary/aromatic N) is 3. The highest BCUT2D eigenvalue weighted by molar-refractivity contribution is 8.01. The first-order valence-electron chi connectivity index (χ1n) is 9.59. The van der Waals surface area contributed by atoms with Crippen molar-refractivity contribution in [1.82, 2.24) is 14.5 Å². The van der Waals surface area contributed by atoms with Gasteiger partial charge in [-0.2, -0.15) is 4.31 Å². The Kier molecular flexibility index (Phi) is 7.31. The fourth-order valence-electron chi connectivity index (χ4n) is 3.00. The number of amides is 1. The van der Waals surface area contributed by atoms with Crippen molar-refractivity contribution in [2.24, 2.45) is 11.8 Å². The monoisotopic (exact) mass is 454 g/mol. The minimum absolute atomic E-state index is 0.176. The Bertz CT molecular complexity index is 942. The van der Waals surface area contributed by atoms with E-state index in [1.807, 2.05) is 6.92 Å². The van der Waals surface area contributed by atoms with Crippen molar-refractivity contribution >= 4 is 44.2 Å². The molecule has 1 aliphatic rings. The maximum Gasteiger partial charge on any atom is 0.243 e. The lowest BCUT2D eigenvalue weighted by Gasteiger charge is -2.31. The number of hydrogen-bond donors (Lipinski definition) is 1. The molecule has 1 amide bonds. The SMILES string of the molecule is Cc1ccc(S(=O)(=O)N2CCCC(C(=O)Nc3nnc(SCC(C)C)s3)C2)cc1. The molecule has 0 spiro atoms. The second kappa shape index (κ2) is 9.55. The van der Waals surface area contributed by atoms with E-state index < -0.39 is 15.9 Å². The molecule has 2 heterocycles. The van der Waals surface area contributed by atoms with Crippen LogP contribution in [0, 0.1) is 18.8 Å². The third kappa shape index (κ3) is 5.78. The number of carbonyl (C=O) groups is 1. The number of hydrogen-bond acceptors (Lipinski definition) is 7. The van der Waals surface area contributed by atoms with Crippen molar-refractivity contribution in [3.8, 4) is 0 Å². The number of benzene rings is 1. The zero-order valence-corrected chi connectivity index (χ0v) is 19.2. The molecule has 0 saturated carbocycles. The highest BCUT2D eigenvalue weighted by atomic mass is 32.2. The molecule has 1 aromatic heterocycles. The first kappa shape index (κ1) is 22.2. The van der Waals surface area contributed by atoms with Crippen LogP contribution in [0.1, 0.15) is 32.3 Å². The van der Waals surface area contributed by atoms with Gasteiger partial charge in [-0.05, 0) is 37.8 Å². The number of piperidine rings is 1. The van der Waals surface area contributed by atoms with Crippen LogP contribution in [-0.4, -0.2) is 47.7 Å². The van der Waals surface area contributed by atoms with Gasteiger partial charge >= 0.3 is 0 Å². The van der Waals surface area contributed by atoms with E-state index >= 15 is 0 Å². The second-order valence-corrected chi connectivity index (χ2v) is 11.8. The molecule has 1 saturated heterocycles. The Labute approximate surface area is 180 Å². The predicted molar refractivity (Wildman–Crippen MR) is 117 cm³/mol. The minimum atomic E-state index is -3.60. The number of aryl methyl sites for hydroxylation is 1. The Morgan fingerprint density at radius 2 is 2.03 bits per heavy atom. The van der Waals surface area contributed by atoms with Crippen molar-refractivity contribution in [3.63, 3.8) is 0 Å². The molecule has 1 aromatic carbocycles. The molecule has 1 atom stereocenters. The molecular formula is C19H26N4O3S3. The molecular weight excluding hydrogens is 428 g/mol. The summed E-state index contributed by atoms with van der Waals surface area (Å²) in [6.07, 6.45) is 1.30. The molecule has 10 heteroatoms. The van der Waals surface area contributed by atoms with Gasteiger partial charge in [0.25, 0.3) is 0 Å². The van der Waals surface area contributed by atoms with Gasteiger partial charge in [-0.15, -0.1) is 10.2 Å². The van der Waals surface area contributed by atoms with Crippen molar-refractivity contribution in [2.45, 2.75) is 42.8 Å². The highest BCUT2D eigenvalue weighted by Crippen LogP contribution is 2.29. The Morgan fingerprint density at radius 1 is 1.31 bits per heavy atom. The van der Waals surface area contributed by atoms with Crippen LogP contribution in [0.4, 0.5) is 5.13 Å². The average Bonchev–Trinajstić information content (AvgIpc) is 3.14. The van der Waals surface area contributed by atoms with E-state index in [1.54, 1.807) is 36.0 Å². The average molecular weight is 455 g/mol. The molecule has 0 bridgehead atoms. The van der Waals surface area contributed by atoms with Crippen LogP contribution in [-0.2, 0) is 14.8 Å². The summed E-state index contributed by atoms with van der Waals surface area (Å²) in [5.74, 6) is 0.882. The van der Waals surface area contributed by atoms with E-state index in [1.165, 1.54) is 15.6 Å². The predicted octanol–water partition coefficient (Wildman–Crippen LogP) is 3.63.